The number of carbonyl (C=O) groups excluding carboxylic acids is 4. The molecule has 0 unspecified atom stereocenters. The van der Waals surface area contributed by atoms with Crippen molar-refractivity contribution >= 4 is 23.6 Å². The fraction of sp³-hybridized carbons (Fsp3) is 0.771. The lowest BCUT2D eigenvalue weighted by atomic mass is 9.42. The highest BCUT2D eigenvalue weighted by molar-refractivity contribution is 5.87. The maximum absolute atomic E-state index is 13.3. The summed E-state index contributed by atoms with van der Waals surface area (Å²) < 4.78 is 12.1. The number of rotatable bonds is 6. The molecule has 3 saturated carbocycles. The first-order chi connectivity index (χ1) is 20.9. The van der Waals surface area contributed by atoms with Crippen LogP contribution in [0.5, 0.6) is 0 Å². The highest BCUT2D eigenvalue weighted by atomic mass is 16.6. The number of aliphatic hydroxyl groups is 3. The normalized spacial score (nSPS) is 42.8. The molecule has 0 spiro atoms. The predicted octanol–water partition coefficient (Wildman–Crippen LogP) is 3.55. The van der Waals surface area contributed by atoms with Crippen LogP contribution in [0.25, 0.3) is 0 Å². The molecule has 5 rings (SSSR count). The van der Waals surface area contributed by atoms with E-state index < -0.39 is 63.4 Å². The number of allylic oxidation sites excluding steroid dienone is 1. The second kappa shape index (κ2) is 11.3. The lowest BCUT2D eigenvalue weighted by Crippen LogP contribution is -2.78. The zero-order valence-corrected chi connectivity index (χ0v) is 27.9. The molecule has 10 heteroatoms. The fourth-order valence-electron chi connectivity index (χ4n) is 9.61. The Balaban J connectivity index is 1.47. The molecule has 5 aliphatic rings. The maximum Gasteiger partial charge on any atom is 0.330 e. The van der Waals surface area contributed by atoms with Crippen molar-refractivity contribution in [3.8, 4) is 0 Å². The minimum atomic E-state index is -2.01. The fourth-order valence-corrected chi connectivity index (χ4v) is 9.61. The van der Waals surface area contributed by atoms with Gasteiger partial charge in [0.2, 0.25) is 5.91 Å². The minimum Gasteiger partial charge on any atom is -0.461 e. The van der Waals surface area contributed by atoms with Gasteiger partial charge in [0, 0.05) is 31.9 Å². The van der Waals surface area contributed by atoms with Crippen LogP contribution >= 0.6 is 0 Å². The molecule has 250 valence electrons. The number of fused-ring (bicyclic) bond motifs is 5. The van der Waals surface area contributed by atoms with Crippen LogP contribution < -0.4 is 0 Å². The van der Waals surface area contributed by atoms with E-state index >= 15 is 0 Å². The smallest absolute Gasteiger partial charge is 0.330 e. The number of ketones is 1. The molecule has 0 aromatic heterocycles. The summed E-state index contributed by atoms with van der Waals surface area (Å²) in [6.07, 6.45) is 4.88. The lowest BCUT2D eigenvalue weighted by molar-refractivity contribution is -0.314. The summed E-state index contributed by atoms with van der Waals surface area (Å²) in [5.74, 6) is -2.14. The van der Waals surface area contributed by atoms with Crippen LogP contribution in [0.2, 0.25) is 0 Å². The summed E-state index contributed by atoms with van der Waals surface area (Å²) in [7, 11) is 0. The van der Waals surface area contributed by atoms with E-state index in [1.165, 1.54) is 19.9 Å². The average molecular weight is 630 g/mol. The van der Waals surface area contributed by atoms with Crippen molar-refractivity contribution in [1.82, 2.24) is 4.90 Å². The van der Waals surface area contributed by atoms with E-state index in [4.69, 9.17) is 9.47 Å². The van der Waals surface area contributed by atoms with Crippen molar-refractivity contribution < 1.29 is 44.0 Å². The van der Waals surface area contributed by atoms with E-state index in [-0.39, 0.29) is 43.6 Å². The van der Waals surface area contributed by atoms with Gasteiger partial charge in [0.05, 0.1) is 5.41 Å². The van der Waals surface area contributed by atoms with Gasteiger partial charge in [-0.1, -0.05) is 38.0 Å². The molecule has 1 saturated heterocycles. The molecule has 1 heterocycles. The summed E-state index contributed by atoms with van der Waals surface area (Å²) in [5.41, 5.74) is -6.12. The molecule has 9 atom stereocenters. The van der Waals surface area contributed by atoms with Gasteiger partial charge in [-0.15, -0.1) is 0 Å². The quantitative estimate of drug-likeness (QED) is 0.228. The Morgan fingerprint density at radius 2 is 1.69 bits per heavy atom. The van der Waals surface area contributed by atoms with E-state index in [9.17, 15) is 34.5 Å². The number of Topliss-reactive ketones (excluding diaryl/α,β-unsaturated/α-hetero) is 1. The van der Waals surface area contributed by atoms with Crippen molar-refractivity contribution in [3.05, 3.63) is 23.3 Å². The maximum atomic E-state index is 13.3. The Labute approximate surface area is 266 Å². The van der Waals surface area contributed by atoms with Crippen LogP contribution in [0.3, 0.4) is 0 Å². The molecule has 0 aromatic carbocycles. The second-order valence-electron chi connectivity index (χ2n) is 15.2. The Morgan fingerprint density at radius 3 is 2.31 bits per heavy atom. The zero-order chi connectivity index (χ0) is 33.3. The number of amides is 1. The van der Waals surface area contributed by atoms with Gasteiger partial charge < -0.3 is 29.7 Å². The average Bonchev–Trinajstić information content (AvgIpc) is 3.54. The molecule has 0 radical (unpaired) electrons. The van der Waals surface area contributed by atoms with Crippen molar-refractivity contribution in [2.45, 2.75) is 141 Å². The molecule has 45 heavy (non-hydrogen) atoms. The number of hydrogen-bond acceptors (Lipinski definition) is 9. The first kappa shape index (κ1) is 33.8. The molecule has 1 amide bonds. The van der Waals surface area contributed by atoms with E-state index in [2.05, 4.69) is 0 Å². The van der Waals surface area contributed by atoms with Crippen LogP contribution in [0.15, 0.2) is 23.3 Å². The number of carbonyl (C=O) groups is 4. The monoisotopic (exact) mass is 629 g/mol. The largest absolute Gasteiger partial charge is 0.461 e. The third kappa shape index (κ3) is 4.84. The number of ether oxygens (including phenoxy) is 2. The third-order valence-electron chi connectivity index (χ3n) is 12.9. The van der Waals surface area contributed by atoms with Crippen molar-refractivity contribution in [2.75, 3.05) is 6.54 Å². The molecule has 4 fully saturated rings. The van der Waals surface area contributed by atoms with Gasteiger partial charge in [0.1, 0.15) is 35.1 Å². The number of hydrogen-bond donors (Lipinski definition) is 3. The standard InChI is InChI=1S/C35H51NO9/c1-20(2)21(3)17-29(39)45-28-19-27-31(6)12-11-25(44-30(40)26-9-8-16-36(26)23(5)38)18-24(31)10-13-34(27,42)35(43)15-14-33(41,22(4)37)32(28,35)7/h10,17,20,25-28,41-43H,8-9,11-16,18-19H2,1-7H3/b21-17+/t25-,26-,27+,28+,31-,32+,33+,34-,35+/m0/s1. The van der Waals surface area contributed by atoms with E-state index in [1.807, 2.05) is 33.8 Å². The highest BCUT2D eigenvalue weighted by Gasteiger charge is 2.81. The topological polar surface area (TPSA) is 151 Å². The Hall–Kier alpha value is -2.56. The molecule has 1 aliphatic heterocycles. The van der Waals surface area contributed by atoms with Crippen molar-refractivity contribution in [1.29, 1.82) is 0 Å². The summed E-state index contributed by atoms with van der Waals surface area (Å²) in [6.45, 7) is 12.7. The molecule has 4 aliphatic carbocycles. The Kier molecular flexibility index (Phi) is 8.49. The van der Waals surface area contributed by atoms with Gasteiger partial charge in [0.25, 0.3) is 0 Å². The van der Waals surface area contributed by atoms with Gasteiger partial charge in [-0.05, 0) is 83.5 Å². The van der Waals surface area contributed by atoms with Crippen LogP contribution in [0.4, 0.5) is 0 Å². The first-order valence-corrected chi connectivity index (χ1v) is 16.6. The molecular weight excluding hydrogens is 578 g/mol. The van der Waals surface area contributed by atoms with Crippen LogP contribution in [-0.4, -0.2) is 85.4 Å². The molecule has 3 N–H and O–H groups in total. The van der Waals surface area contributed by atoms with Gasteiger partial charge in [0.15, 0.2) is 5.78 Å². The van der Waals surface area contributed by atoms with Gasteiger partial charge in [-0.2, -0.15) is 0 Å². The van der Waals surface area contributed by atoms with Gasteiger partial charge in [-0.3, -0.25) is 9.59 Å². The molecular formula is C35H51NO9. The van der Waals surface area contributed by atoms with Crippen molar-refractivity contribution in [2.24, 2.45) is 22.7 Å². The summed E-state index contributed by atoms with van der Waals surface area (Å²) >= 11 is 0. The van der Waals surface area contributed by atoms with Crippen LogP contribution in [-0.2, 0) is 28.7 Å². The lowest BCUT2D eigenvalue weighted by Gasteiger charge is -2.67. The van der Waals surface area contributed by atoms with Gasteiger partial charge in [-0.25, -0.2) is 9.59 Å². The summed E-state index contributed by atoms with van der Waals surface area (Å²) in [6, 6.07) is -0.572. The van der Waals surface area contributed by atoms with E-state index in [0.717, 1.165) is 17.6 Å². The SMILES string of the molecule is CC(=O)N1CCC[C@H]1C(=O)O[C@H]1CC[C@@]2(C)C(=CC[C@]3(O)[C@@H]2C[C@@H](OC(=O)/C=C(\C)C(C)C)[C@@]2(C)[C@]3(O)CC[C@@]2(O)C(C)=O)C1. The van der Waals surface area contributed by atoms with Crippen molar-refractivity contribution in [3.63, 3.8) is 0 Å². The van der Waals surface area contributed by atoms with E-state index in [1.54, 1.807) is 11.8 Å². The predicted molar refractivity (Wildman–Crippen MR) is 164 cm³/mol. The Bertz CT molecular complexity index is 1340. The van der Waals surface area contributed by atoms with Crippen LogP contribution in [0.1, 0.15) is 106 Å². The second-order valence-corrected chi connectivity index (χ2v) is 15.2. The third-order valence-corrected chi connectivity index (χ3v) is 12.9. The summed E-state index contributed by atoms with van der Waals surface area (Å²) in [4.78, 5) is 53.0. The first-order valence-electron chi connectivity index (χ1n) is 16.6. The zero-order valence-electron chi connectivity index (χ0n) is 27.9. The number of nitrogens with zero attached hydrogens (tertiary/aromatic N) is 1. The molecule has 10 nitrogen and oxygen atoms in total. The van der Waals surface area contributed by atoms with E-state index in [0.29, 0.717) is 32.2 Å². The molecule has 0 bridgehead atoms. The highest BCUT2D eigenvalue weighted by Crippen LogP contribution is 2.71. The van der Waals surface area contributed by atoms with Crippen LogP contribution in [0, 0.1) is 22.7 Å². The van der Waals surface area contributed by atoms with Gasteiger partial charge >= 0.3 is 11.9 Å². The summed E-state index contributed by atoms with van der Waals surface area (Å²) in [5, 5.41) is 37.1. The number of esters is 2. The number of likely N-dealkylation sites (tertiary alicyclic amines) is 1. The molecule has 0 aromatic rings. The minimum absolute atomic E-state index is 0.0327. The Morgan fingerprint density at radius 1 is 1.00 bits per heavy atom.